The van der Waals surface area contributed by atoms with E-state index in [4.69, 9.17) is 5.11 Å². The third-order valence-electron chi connectivity index (χ3n) is 2.15. The van der Waals surface area contributed by atoms with Crippen molar-refractivity contribution < 1.29 is 5.11 Å². The lowest BCUT2D eigenvalue weighted by atomic mass is 9.95. The Morgan fingerprint density at radius 3 is 2.58 bits per heavy atom. The zero-order chi connectivity index (χ0) is 8.81. The number of nitrogens with zero attached hydrogens (tertiary/aromatic N) is 1. The van der Waals surface area contributed by atoms with Crippen molar-refractivity contribution in [2.45, 2.75) is 25.7 Å². The van der Waals surface area contributed by atoms with Crippen molar-refractivity contribution in [2.75, 3.05) is 6.61 Å². The van der Waals surface area contributed by atoms with E-state index in [1.165, 1.54) is 5.56 Å². The number of hydrogen-bond acceptors (Lipinski definition) is 2. The van der Waals surface area contributed by atoms with E-state index < -0.39 is 0 Å². The van der Waals surface area contributed by atoms with Crippen LogP contribution in [0, 0.1) is 0 Å². The average molecular weight is 165 g/mol. The molecule has 1 heterocycles. The van der Waals surface area contributed by atoms with Gasteiger partial charge >= 0.3 is 0 Å². The highest BCUT2D eigenvalue weighted by Gasteiger charge is 2.06. The molecule has 1 rings (SSSR count). The Hall–Kier alpha value is -0.890. The topological polar surface area (TPSA) is 33.1 Å². The van der Waals surface area contributed by atoms with E-state index in [9.17, 15) is 0 Å². The molecular weight excluding hydrogens is 150 g/mol. The van der Waals surface area contributed by atoms with Crippen molar-refractivity contribution in [1.82, 2.24) is 4.98 Å². The molecule has 0 saturated heterocycles. The van der Waals surface area contributed by atoms with Gasteiger partial charge in [0.15, 0.2) is 0 Å². The molecule has 0 amide bonds. The maximum atomic E-state index is 8.81. The van der Waals surface area contributed by atoms with Gasteiger partial charge in [-0.1, -0.05) is 6.92 Å². The van der Waals surface area contributed by atoms with Gasteiger partial charge in [0.2, 0.25) is 0 Å². The molecule has 0 aliphatic carbocycles. The number of aliphatic hydroxyl groups excluding tert-OH is 1. The van der Waals surface area contributed by atoms with Crippen molar-refractivity contribution in [1.29, 1.82) is 0 Å². The summed E-state index contributed by atoms with van der Waals surface area (Å²) in [5.41, 5.74) is 1.28. The fourth-order valence-corrected chi connectivity index (χ4v) is 1.40. The summed E-state index contributed by atoms with van der Waals surface area (Å²) < 4.78 is 0. The molecule has 1 unspecified atom stereocenters. The SMILES string of the molecule is CCC(CCO)c1ccncc1. The largest absolute Gasteiger partial charge is 0.396 e. The zero-order valence-corrected chi connectivity index (χ0v) is 7.40. The average Bonchev–Trinajstić information content (AvgIpc) is 2.15. The second kappa shape index (κ2) is 4.88. The third kappa shape index (κ3) is 2.31. The van der Waals surface area contributed by atoms with Crippen molar-refractivity contribution in [2.24, 2.45) is 0 Å². The van der Waals surface area contributed by atoms with Gasteiger partial charge in [0.05, 0.1) is 0 Å². The summed E-state index contributed by atoms with van der Waals surface area (Å²) in [6.45, 7) is 2.40. The van der Waals surface area contributed by atoms with Crippen LogP contribution < -0.4 is 0 Å². The molecule has 1 aromatic rings. The van der Waals surface area contributed by atoms with Gasteiger partial charge in [0.1, 0.15) is 0 Å². The molecular formula is C10H15NO. The first-order valence-electron chi connectivity index (χ1n) is 4.39. The smallest absolute Gasteiger partial charge is 0.0436 e. The molecule has 0 spiro atoms. The predicted molar refractivity (Wildman–Crippen MR) is 49.0 cm³/mol. The third-order valence-corrected chi connectivity index (χ3v) is 2.15. The van der Waals surface area contributed by atoms with Crippen LogP contribution in [-0.4, -0.2) is 16.7 Å². The first kappa shape index (κ1) is 9.20. The summed E-state index contributed by atoms with van der Waals surface area (Å²) >= 11 is 0. The molecule has 0 radical (unpaired) electrons. The molecule has 0 aliphatic heterocycles. The molecule has 0 fully saturated rings. The van der Waals surface area contributed by atoms with E-state index in [-0.39, 0.29) is 6.61 Å². The number of aliphatic hydroxyl groups is 1. The molecule has 1 aromatic heterocycles. The summed E-state index contributed by atoms with van der Waals surface area (Å²) in [5.74, 6) is 0.484. The van der Waals surface area contributed by atoms with Crippen molar-refractivity contribution >= 4 is 0 Å². The van der Waals surface area contributed by atoms with Crippen LogP contribution >= 0.6 is 0 Å². The Labute approximate surface area is 73.3 Å². The van der Waals surface area contributed by atoms with E-state index >= 15 is 0 Å². The van der Waals surface area contributed by atoms with Gasteiger partial charge in [-0.3, -0.25) is 4.98 Å². The minimum atomic E-state index is 0.265. The van der Waals surface area contributed by atoms with Gasteiger partial charge in [-0.05, 0) is 36.5 Å². The maximum absolute atomic E-state index is 8.81. The summed E-state index contributed by atoms with van der Waals surface area (Å²) in [6.07, 6.45) is 5.52. The molecule has 1 N–H and O–H groups in total. The fraction of sp³-hybridized carbons (Fsp3) is 0.500. The van der Waals surface area contributed by atoms with Gasteiger partial charge in [0.25, 0.3) is 0 Å². The van der Waals surface area contributed by atoms with Gasteiger partial charge in [-0.25, -0.2) is 0 Å². The Bertz CT molecular complexity index is 210. The fourth-order valence-electron chi connectivity index (χ4n) is 1.40. The van der Waals surface area contributed by atoms with Crippen molar-refractivity contribution in [3.05, 3.63) is 30.1 Å². The second-order valence-corrected chi connectivity index (χ2v) is 2.90. The van der Waals surface area contributed by atoms with Gasteiger partial charge in [-0.15, -0.1) is 0 Å². The zero-order valence-electron chi connectivity index (χ0n) is 7.40. The maximum Gasteiger partial charge on any atom is 0.0436 e. The summed E-state index contributed by atoms with van der Waals surface area (Å²) in [5, 5.41) is 8.81. The molecule has 0 saturated carbocycles. The highest BCUT2D eigenvalue weighted by Crippen LogP contribution is 2.21. The number of aromatic nitrogens is 1. The van der Waals surface area contributed by atoms with E-state index in [1.54, 1.807) is 12.4 Å². The Morgan fingerprint density at radius 2 is 2.08 bits per heavy atom. The molecule has 12 heavy (non-hydrogen) atoms. The van der Waals surface area contributed by atoms with E-state index in [1.807, 2.05) is 12.1 Å². The number of pyridine rings is 1. The standard InChI is InChI=1S/C10H15NO/c1-2-9(5-8-12)10-3-6-11-7-4-10/h3-4,6-7,9,12H,2,5,8H2,1H3. The monoisotopic (exact) mass is 165 g/mol. The Morgan fingerprint density at radius 1 is 1.42 bits per heavy atom. The van der Waals surface area contributed by atoms with Crippen LogP contribution in [0.2, 0.25) is 0 Å². The first-order chi connectivity index (χ1) is 5.88. The number of hydrogen-bond donors (Lipinski definition) is 1. The van der Waals surface area contributed by atoms with Crippen LogP contribution in [-0.2, 0) is 0 Å². The van der Waals surface area contributed by atoms with Crippen LogP contribution in [0.4, 0.5) is 0 Å². The predicted octanol–water partition coefficient (Wildman–Crippen LogP) is 1.96. The van der Waals surface area contributed by atoms with Crippen LogP contribution in [0.5, 0.6) is 0 Å². The van der Waals surface area contributed by atoms with E-state index in [0.29, 0.717) is 5.92 Å². The molecule has 0 aromatic carbocycles. The van der Waals surface area contributed by atoms with Gasteiger partial charge in [-0.2, -0.15) is 0 Å². The van der Waals surface area contributed by atoms with Crippen LogP contribution in [0.25, 0.3) is 0 Å². The Kier molecular flexibility index (Phi) is 3.74. The van der Waals surface area contributed by atoms with Crippen molar-refractivity contribution in [3.8, 4) is 0 Å². The molecule has 0 aliphatic rings. The minimum Gasteiger partial charge on any atom is -0.396 e. The lowest BCUT2D eigenvalue weighted by molar-refractivity contribution is 0.274. The molecule has 0 bridgehead atoms. The van der Waals surface area contributed by atoms with Crippen LogP contribution in [0.3, 0.4) is 0 Å². The number of rotatable bonds is 4. The minimum absolute atomic E-state index is 0.265. The first-order valence-corrected chi connectivity index (χ1v) is 4.39. The summed E-state index contributed by atoms with van der Waals surface area (Å²) in [4.78, 5) is 3.96. The van der Waals surface area contributed by atoms with E-state index in [0.717, 1.165) is 12.8 Å². The molecule has 2 nitrogen and oxygen atoms in total. The van der Waals surface area contributed by atoms with Crippen LogP contribution in [0.15, 0.2) is 24.5 Å². The molecule has 2 heteroatoms. The quantitative estimate of drug-likeness (QED) is 0.739. The molecule has 1 atom stereocenters. The highest BCUT2D eigenvalue weighted by atomic mass is 16.3. The van der Waals surface area contributed by atoms with E-state index in [2.05, 4.69) is 11.9 Å². The lowest BCUT2D eigenvalue weighted by Crippen LogP contribution is -1.99. The van der Waals surface area contributed by atoms with Crippen molar-refractivity contribution in [3.63, 3.8) is 0 Å². The lowest BCUT2D eigenvalue weighted by Gasteiger charge is -2.12. The highest BCUT2D eigenvalue weighted by molar-refractivity contribution is 5.15. The summed E-state index contributed by atoms with van der Waals surface area (Å²) in [7, 11) is 0. The second-order valence-electron chi connectivity index (χ2n) is 2.90. The normalized spacial score (nSPS) is 12.8. The van der Waals surface area contributed by atoms with Crippen LogP contribution in [0.1, 0.15) is 31.2 Å². The van der Waals surface area contributed by atoms with Gasteiger partial charge in [0, 0.05) is 19.0 Å². The summed E-state index contributed by atoms with van der Waals surface area (Å²) in [6, 6.07) is 4.04. The molecule has 66 valence electrons. The van der Waals surface area contributed by atoms with Gasteiger partial charge < -0.3 is 5.11 Å². The Balaban J connectivity index is 2.66.